The second-order valence-electron chi connectivity index (χ2n) is 7.77. The molecule has 5 heteroatoms. The van der Waals surface area contributed by atoms with Gasteiger partial charge in [0.25, 0.3) is 0 Å². The van der Waals surface area contributed by atoms with Crippen LogP contribution in [0.15, 0.2) is 109 Å². The predicted octanol–water partition coefficient (Wildman–Crippen LogP) is 5.66. The van der Waals surface area contributed by atoms with Crippen molar-refractivity contribution in [2.24, 2.45) is 0 Å². The molecule has 4 aromatic rings. The molecule has 1 N–H and O–H groups in total. The van der Waals surface area contributed by atoms with E-state index in [2.05, 4.69) is 0 Å². The summed E-state index contributed by atoms with van der Waals surface area (Å²) in [6, 6.07) is 34.7. The van der Waals surface area contributed by atoms with Crippen LogP contribution in [0.2, 0.25) is 0 Å². The van der Waals surface area contributed by atoms with E-state index in [1.54, 1.807) is 0 Å². The Morgan fingerprint density at radius 2 is 0.765 bits per heavy atom. The molecular formula is C29H28O5. The van der Waals surface area contributed by atoms with E-state index in [0.717, 1.165) is 22.6 Å². The lowest BCUT2D eigenvalue weighted by atomic mass is 10.2. The van der Waals surface area contributed by atoms with Crippen molar-refractivity contribution in [1.29, 1.82) is 0 Å². The van der Waals surface area contributed by atoms with E-state index >= 15 is 0 Å². The summed E-state index contributed by atoms with van der Waals surface area (Å²) in [5, 5.41) is 10.2. The molecule has 0 heterocycles. The van der Waals surface area contributed by atoms with Crippen LogP contribution in [-0.2, 0) is 13.2 Å². The van der Waals surface area contributed by atoms with Crippen molar-refractivity contribution in [3.63, 3.8) is 0 Å². The molecule has 0 atom stereocenters. The molecule has 0 aromatic heterocycles. The average Bonchev–Trinajstić information content (AvgIpc) is 2.91. The van der Waals surface area contributed by atoms with E-state index in [1.165, 1.54) is 0 Å². The summed E-state index contributed by atoms with van der Waals surface area (Å²) < 4.78 is 22.9. The maximum absolute atomic E-state index is 10.2. The number of aliphatic hydroxyl groups excluding tert-OH is 1. The largest absolute Gasteiger partial charge is 0.491 e. The van der Waals surface area contributed by atoms with Gasteiger partial charge < -0.3 is 24.1 Å². The minimum absolute atomic E-state index is 0.127. The third kappa shape index (κ3) is 7.57. The SMILES string of the molecule is OC(COc1ccc(OCc2ccccc2)cc1)COc1ccc(OCc2ccccc2)cc1. The van der Waals surface area contributed by atoms with Crippen molar-refractivity contribution >= 4 is 0 Å². The van der Waals surface area contributed by atoms with Gasteiger partial charge in [-0.1, -0.05) is 60.7 Å². The average molecular weight is 457 g/mol. The third-order valence-electron chi connectivity index (χ3n) is 5.03. The molecule has 0 aliphatic carbocycles. The molecule has 5 nitrogen and oxygen atoms in total. The summed E-state index contributed by atoms with van der Waals surface area (Å²) in [6.07, 6.45) is -0.761. The van der Waals surface area contributed by atoms with Crippen molar-refractivity contribution < 1.29 is 24.1 Å². The van der Waals surface area contributed by atoms with Gasteiger partial charge in [-0.05, 0) is 59.7 Å². The highest BCUT2D eigenvalue weighted by Crippen LogP contribution is 2.20. The van der Waals surface area contributed by atoms with Crippen LogP contribution < -0.4 is 18.9 Å². The molecule has 0 radical (unpaired) electrons. The summed E-state index contributed by atoms with van der Waals surface area (Å²) in [5.41, 5.74) is 2.22. The quantitative estimate of drug-likeness (QED) is 0.298. The Balaban J connectivity index is 1.14. The van der Waals surface area contributed by atoms with Crippen LogP contribution in [0.5, 0.6) is 23.0 Å². The fourth-order valence-electron chi connectivity index (χ4n) is 3.18. The van der Waals surface area contributed by atoms with Gasteiger partial charge in [0.05, 0.1) is 0 Å². The Bertz CT molecular complexity index is 1010. The van der Waals surface area contributed by atoms with Crippen molar-refractivity contribution in [2.45, 2.75) is 19.3 Å². The topological polar surface area (TPSA) is 57.2 Å². The van der Waals surface area contributed by atoms with Crippen molar-refractivity contribution in [1.82, 2.24) is 0 Å². The second kappa shape index (κ2) is 12.3. The fourth-order valence-corrected chi connectivity index (χ4v) is 3.18. The predicted molar refractivity (Wildman–Crippen MR) is 131 cm³/mol. The molecule has 0 bridgehead atoms. The van der Waals surface area contributed by atoms with E-state index in [0.29, 0.717) is 24.7 Å². The summed E-state index contributed by atoms with van der Waals surface area (Å²) >= 11 is 0. The van der Waals surface area contributed by atoms with E-state index in [4.69, 9.17) is 18.9 Å². The van der Waals surface area contributed by atoms with Gasteiger partial charge >= 0.3 is 0 Å². The molecule has 0 fully saturated rings. The highest BCUT2D eigenvalue weighted by atomic mass is 16.5. The Morgan fingerprint density at radius 3 is 1.12 bits per heavy atom. The summed E-state index contributed by atoms with van der Waals surface area (Å²) in [6.45, 7) is 1.28. The molecule has 4 rings (SSSR count). The second-order valence-corrected chi connectivity index (χ2v) is 7.77. The van der Waals surface area contributed by atoms with Crippen molar-refractivity contribution in [3.05, 3.63) is 120 Å². The number of hydrogen-bond donors (Lipinski definition) is 1. The summed E-state index contributed by atoms with van der Waals surface area (Å²) in [4.78, 5) is 0. The first kappa shape index (κ1) is 23.2. The number of rotatable bonds is 12. The van der Waals surface area contributed by atoms with Crippen LogP contribution >= 0.6 is 0 Å². The highest BCUT2D eigenvalue weighted by molar-refractivity contribution is 5.32. The van der Waals surface area contributed by atoms with Crippen LogP contribution in [-0.4, -0.2) is 24.4 Å². The minimum atomic E-state index is -0.761. The Hall–Kier alpha value is -3.96. The number of ether oxygens (including phenoxy) is 4. The lowest BCUT2D eigenvalue weighted by molar-refractivity contribution is 0.0626. The van der Waals surface area contributed by atoms with Gasteiger partial charge in [-0.15, -0.1) is 0 Å². The zero-order valence-electron chi connectivity index (χ0n) is 18.9. The summed E-state index contributed by atoms with van der Waals surface area (Å²) in [5.74, 6) is 2.84. The zero-order chi connectivity index (χ0) is 23.4. The van der Waals surface area contributed by atoms with Gasteiger partial charge in [-0.3, -0.25) is 0 Å². The van der Waals surface area contributed by atoms with Crippen LogP contribution in [0, 0.1) is 0 Å². The van der Waals surface area contributed by atoms with Gasteiger partial charge in [0, 0.05) is 0 Å². The number of hydrogen-bond acceptors (Lipinski definition) is 5. The highest BCUT2D eigenvalue weighted by Gasteiger charge is 2.08. The van der Waals surface area contributed by atoms with Crippen LogP contribution in [0.25, 0.3) is 0 Å². The van der Waals surface area contributed by atoms with Gasteiger partial charge in [-0.2, -0.15) is 0 Å². The van der Waals surface area contributed by atoms with Crippen LogP contribution in [0.4, 0.5) is 0 Å². The monoisotopic (exact) mass is 456 g/mol. The Morgan fingerprint density at radius 1 is 0.441 bits per heavy atom. The molecular weight excluding hydrogens is 428 g/mol. The number of aliphatic hydroxyl groups is 1. The van der Waals surface area contributed by atoms with Crippen molar-refractivity contribution in [2.75, 3.05) is 13.2 Å². The first-order chi connectivity index (χ1) is 16.7. The van der Waals surface area contributed by atoms with E-state index < -0.39 is 6.10 Å². The molecule has 174 valence electrons. The van der Waals surface area contributed by atoms with Crippen LogP contribution in [0.1, 0.15) is 11.1 Å². The van der Waals surface area contributed by atoms with Gasteiger partial charge in [-0.25, -0.2) is 0 Å². The lowest BCUT2D eigenvalue weighted by Crippen LogP contribution is -2.25. The van der Waals surface area contributed by atoms with E-state index in [9.17, 15) is 5.11 Å². The number of benzene rings is 4. The fraction of sp³-hybridized carbons (Fsp3) is 0.172. The molecule has 0 amide bonds. The minimum Gasteiger partial charge on any atom is -0.491 e. The maximum atomic E-state index is 10.2. The molecule has 34 heavy (non-hydrogen) atoms. The standard InChI is InChI=1S/C29H28O5/c30-25(21-33-28-15-11-26(12-16-28)31-19-23-7-3-1-4-8-23)22-34-29-17-13-27(14-18-29)32-20-24-9-5-2-6-10-24/h1-18,25,30H,19-22H2. The molecule has 0 unspecified atom stereocenters. The summed E-state index contributed by atoms with van der Waals surface area (Å²) in [7, 11) is 0. The Kier molecular flexibility index (Phi) is 8.41. The molecule has 0 aliphatic rings. The Labute approximate surface area is 200 Å². The molecule has 4 aromatic carbocycles. The molecule has 0 saturated heterocycles. The lowest BCUT2D eigenvalue weighted by Gasteiger charge is -2.14. The third-order valence-corrected chi connectivity index (χ3v) is 5.03. The molecule has 0 aliphatic heterocycles. The van der Waals surface area contributed by atoms with Crippen LogP contribution in [0.3, 0.4) is 0 Å². The van der Waals surface area contributed by atoms with Gasteiger partial charge in [0.1, 0.15) is 55.5 Å². The smallest absolute Gasteiger partial charge is 0.122 e. The zero-order valence-corrected chi connectivity index (χ0v) is 18.9. The molecule has 0 saturated carbocycles. The first-order valence-corrected chi connectivity index (χ1v) is 11.2. The van der Waals surface area contributed by atoms with E-state index in [-0.39, 0.29) is 13.2 Å². The van der Waals surface area contributed by atoms with Gasteiger partial charge in [0.15, 0.2) is 0 Å². The van der Waals surface area contributed by atoms with Gasteiger partial charge in [0.2, 0.25) is 0 Å². The van der Waals surface area contributed by atoms with Crippen molar-refractivity contribution in [3.8, 4) is 23.0 Å². The molecule has 0 spiro atoms. The van der Waals surface area contributed by atoms with E-state index in [1.807, 2.05) is 109 Å². The normalized spacial score (nSPS) is 10.6. The maximum Gasteiger partial charge on any atom is 0.122 e. The first-order valence-electron chi connectivity index (χ1n) is 11.2.